The highest BCUT2D eigenvalue weighted by atomic mass is 35.5. The van der Waals surface area contributed by atoms with Crippen LogP contribution in [0.15, 0.2) is 42.6 Å². The molecule has 25 heavy (non-hydrogen) atoms. The summed E-state index contributed by atoms with van der Waals surface area (Å²) in [5, 5.41) is 23.0. The summed E-state index contributed by atoms with van der Waals surface area (Å²) in [6.07, 6.45) is -1.60. The molecule has 8 heteroatoms. The van der Waals surface area contributed by atoms with E-state index in [0.29, 0.717) is 0 Å². The van der Waals surface area contributed by atoms with Crippen LogP contribution in [0.3, 0.4) is 0 Å². The third kappa shape index (κ3) is 5.86. The van der Waals surface area contributed by atoms with Gasteiger partial charge in [-0.2, -0.15) is 0 Å². The van der Waals surface area contributed by atoms with E-state index in [9.17, 15) is 15.0 Å². The van der Waals surface area contributed by atoms with E-state index in [1.807, 2.05) is 30.3 Å². The van der Waals surface area contributed by atoms with E-state index in [0.717, 1.165) is 5.56 Å². The Bertz CT molecular complexity index is 680. The lowest BCUT2D eigenvalue weighted by Gasteiger charge is -2.19. The van der Waals surface area contributed by atoms with Gasteiger partial charge in [-0.15, -0.1) is 0 Å². The number of halogens is 2. The molecule has 1 aromatic carbocycles. The molecule has 0 radical (unpaired) electrons. The molecule has 1 heterocycles. The maximum Gasteiger partial charge on any atom is 0.407 e. The van der Waals surface area contributed by atoms with Gasteiger partial charge in [-0.1, -0.05) is 53.5 Å². The topological polar surface area (TPSA) is 91.7 Å². The molecule has 1 amide bonds. The Morgan fingerprint density at radius 1 is 1.20 bits per heavy atom. The van der Waals surface area contributed by atoms with Crippen molar-refractivity contribution >= 4 is 29.3 Å². The van der Waals surface area contributed by atoms with Crippen LogP contribution in [-0.4, -0.2) is 33.9 Å². The minimum absolute atomic E-state index is 0.0225. The van der Waals surface area contributed by atoms with E-state index in [2.05, 4.69) is 10.3 Å². The lowest BCUT2D eigenvalue weighted by molar-refractivity contribution is 0.0135. The number of aromatic nitrogens is 1. The third-order valence-electron chi connectivity index (χ3n) is 3.47. The number of aliphatic hydroxyl groups is 2. The van der Waals surface area contributed by atoms with Gasteiger partial charge in [-0.05, 0) is 18.1 Å². The molecule has 0 bridgehead atoms. The van der Waals surface area contributed by atoms with Gasteiger partial charge in [0.15, 0.2) is 0 Å². The molecular formula is C17H18Cl2N2O4. The second kappa shape index (κ2) is 9.58. The summed E-state index contributed by atoms with van der Waals surface area (Å²) in [6.45, 7) is 0.264. The Balaban J connectivity index is 1.76. The molecule has 3 N–H and O–H groups in total. The molecular weight excluding hydrogens is 367 g/mol. The molecule has 2 aromatic rings. The number of rotatable bonds is 7. The summed E-state index contributed by atoms with van der Waals surface area (Å²) in [6, 6.07) is 10.7. The molecule has 0 fully saturated rings. The van der Waals surface area contributed by atoms with E-state index in [4.69, 9.17) is 27.9 Å². The normalized spacial score (nSPS) is 13.1. The Labute approximate surface area is 155 Å². The highest BCUT2D eigenvalue weighted by Gasteiger charge is 2.24. The number of aliphatic hydroxyl groups excluding tert-OH is 2. The van der Waals surface area contributed by atoms with Gasteiger partial charge in [0.1, 0.15) is 17.9 Å². The molecule has 0 aliphatic rings. The first kappa shape index (κ1) is 19.5. The van der Waals surface area contributed by atoms with Crippen LogP contribution in [0.25, 0.3) is 0 Å². The zero-order valence-electron chi connectivity index (χ0n) is 13.2. The number of nitrogens with zero attached hydrogens (tertiary/aromatic N) is 1. The molecule has 6 nitrogen and oxygen atoms in total. The Hall–Kier alpha value is -1.86. The highest BCUT2D eigenvalue weighted by Crippen LogP contribution is 2.31. The van der Waals surface area contributed by atoms with Crippen LogP contribution >= 0.6 is 23.2 Å². The number of ether oxygens (including phenoxy) is 1. The van der Waals surface area contributed by atoms with Crippen molar-refractivity contribution < 1.29 is 19.7 Å². The van der Waals surface area contributed by atoms with E-state index in [-0.39, 0.29) is 35.3 Å². The number of alkyl carbamates (subject to hydrolysis) is 1. The van der Waals surface area contributed by atoms with Crippen LogP contribution in [0.1, 0.15) is 23.7 Å². The van der Waals surface area contributed by atoms with Crippen LogP contribution in [0, 0.1) is 0 Å². The lowest BCUT2D eigenvalue weighted by Crippen LogP contribution is -2.30. The summed E-state index contributed by atoms with van der Waals surface area (Å²) < 4.78 is 5.05. The van der Waals surface area contributed by atoms with Gasteiger partial charge in [0.25, 0.3) is 0 Å². The van der Waals surface area contributed by atoms with Crippen molar-refractivity contribution in [3.05, 3.63) is 63.9 Å². The molecule has 2 unspecified atom stereocenters. The van der Waals surface area contributed by atoms with Crippen LogP contribution < -0.4 is 5.32 Å². The molecule has 0 aliphatic carbocycles. The number of hydrogen-bond donors (Lipinski definition) is 3. The van der Waals surface area contributed by atoms with Crippen LogP contribution in [0.4, 0.5) is 4.79 Å². The number of hydrogen-bond acceptors (Lipinski definition) is 5. The van der Waals surface area contributed by atoms with Crippen molar-refractivity contribution in [1.82, 2.24) is 10.3 Å². The first-order chi connectivity index (χ1) is 12.0. The van der Waals surface area contributed by atoms with Crippen molar-refractivity contribution in [3.63, 3.8) is 0 Å². The fourth-order valence-corrected chi connectivity index (χ4v) is 2.71. The SMILES string of the molecule is O=C(NCCC(O)C(O)c1c(Cl)ccnc1Cl)OCc1ccccc1. The molecule has 2 rings (SSSR count). The maximum absolute atomic E-state index is 11.6. The van der Waals surface area contributed by atoms with E-state index in [1.165, 1.54) is 12.3 Å². The van der Waals surface area contributed by atoms with E-state index >= 15 is 0 Å². The number of pyridine rings is 1. The second-order valence-electron chi connectivity index (χ2n) is 5.29. The zero-order chi connectivity index (χ0) is 18.2. The Kier molecular flexibility index (Phi) is 7.46. The largest absolute Gasteiger partial charge is 0.445 e. The monoisotopic (exact) mass is 384 g/mol. The fraction of sp³-hybridized carbons (Fsp3) is 0.294. The Morgan fingerprint density at radius 3 is 2.60 bits per heavy atom. The van der Waals surface area contributed by atoms with Gasteiger partial charge in [0.2, 0.25) is 0 Å². The average molecular weight is 385 g/mol. The summed E-state index contributed by atoms with van der Waals surface area (Å²) in [7, 11) is 0. The van der Waals surface area contributed by atoms with Gasteiger partial charge >= 0.3 is 6.09 Å². The predicted octanol–water partition coefficient (Wildman–Crippen LogP) is 3.10. The summed E-state index contributed by atoms with van der Waals surface area (Å²) in [5.74, 6) is 0. The zero-order valence-corrected chi connectivity index (χ0v) is 14.7. The molecule has 1 aromatic heterocycles. The molecule has 0 saturated heterocycles. The first-order valence-corrected chi connectivity index (χ1v) is 8.35. The molecule has 0 spiro atoms. The first-order valence-electron chi connectivity index (χ1n) is 7.59. The molecule has 2 atom stereocenters. The number of benzene rings is 1. The van der Waals surface area contributed by atoms with Crippen molar-refractivity contribution in [2.75, 3.05) is 6.54 Å². The van der Waals surface area contributed by atoms with E-state index < -0.39 is 18.3 Å². The third-order valence-corrected chi connectivity index (χ3v) is 4.10. The quantitative estimate of drug-likeness (QED) is 0.637. The van der Waals surface area contributed by atoms with Gasteiger partial charge in [-0.3, -0.25) is 0 Å². The predicted molar refractivity (Wildman–Crippen MR) is 94.5 cm³/mol. The number of amides is 1. The Morgan fingerprint density at radius 2 is 1.92 bits per heavy atom. The minimum Gasteiger partial charge on any atom is -0.445 e. The molecule has 134 valence electrons. The van der Waals surface area contributed by atoms with Gasteiger partial charge in [-0.25, -0.2) is 9.78 Å². The van der Waals surface area contributed by atoms with Crippen molar-refractivity contribution in [2.45, 2.75) is 25.2 Å². The lowest BCUT2D eigenvalue weighted by atomic mass is 10.0. The van der Waals surface area contributed by atoms with Crippen molar-refractivity contribution in [2.24, 2.45) is 0 Å². The fourth-order valence-electron chi connectivity index (χ4n) is 2.14. The standard InChI is InChI=1S/C17H18Cl2N2O4/c18-12-6-8-20-16(19)14(12)15(23)13(22)7-9-21-17(24)25-10-11-4-2-1-3-5-11/h1-6,8,13,15,22-23H,7,9-10H2,(H,21,24). The van der Waals surface area contributed by atoms with Gasteiger partial charge in [0.05, 0.1) is 11.1 Å². The van der Waals surface area contributed by atoms with E-state index in [1.54, 1.807) is 0 Å². The van der Waals surface area contributed by atoms with Crippen LogP contribution in [0.5, 0.6) is 0 Å². The number of nitrogens with one attached hydrogen (secondary N) is 1. The maximum atomic E-state index is 11.6. The molecule has 0 aliphatic heterocycles. The van der Waals surface area contributed by atoms with Gasteiger partial charge in [0, 0.05) is 18.3 Å². The minimum atomic E-state index is -1.31. The second-order valence-corrected chi connectivity index (χ2v) is 6.05. The smallest absolute Gasteiger partial charge is 0.407 e. The van der Waals surface area contributed by atoms with Crippen molar-refractivity contribution in [1.29, 1.82) is 0 Å². The van der Waals surface area contributed by atoms with Crippen molar-refractivity contribution in [3.8, 4) is 0 Å². The summed E-state index contributed by atoms with van der Waals surface area (Å²) >= 11 is 11.9. The summed E-state index contributed by atoms with van der Waals surface area (Å²) in [4.78, 5) is 15.4. The van der Waals surface area contributed by atoms with Crippen LogP contribution in [-0.2, 0) is 11.3 Å². The number of carbonyl (C=O) groups excluding carboxylic acids is 1. The number of carbonyl (C=O) groups is 1. The average Bonchev–Trinajstić information content (AvgIpc) is 2.60. The van der Waals surface area contributed by atoms with Crippen LogP contribution in [0.2, 0.25) is 10.2 Å². The van der Waals surface area contributed by atoms with Gasteiger partial charge < -0.3 is 20.3 Å². The summed E-state index contributed by atoms with van der Waals surface area (Å²) in [5.41, 5.74) is 1.03. The highest BCUT2D eigenvalue weighted by molar-refractivity contribution is 6.35. The molecule has 0 saturated carbocycles.